The first-order chi connectivity index (χ1) is 4.59. The van der Waals surface area contributed by atoms with Crippen molar-refractivity contribution in [3.05, 3.63) is 22.5 Å². The van der Waals surface area contributed by atoms with Crippen LogP contribution in [0.3, 0.4) is 0 Å². The molecule has 58 valence electrons. The molecule has 0 bridgehead atoms. The molecule has 10 heavy (non-hydrogen) atoms. The van der Waals surface area contributed by atoms with Gasteiger partial charge in [0.25, 0.3) is 0 Å². The molecular formula is C9H17P. The zero-order chi connectivity index (χ0) is 8.15. The Balaban J connectivity index is 4.36. The van der Waals surface area contributed by atoms with Crippen LogP contribution in [0.25, 0.3) is 0 Å². The molecule has 0 aliphatic rings. The maximum atomic E-state index is 2.73. The van der Waals surface area contributed by atoms with Crippen molar-refractivity contribution < 1.29 is 0 Å². The van der Waals surface area contributed by atoms with Crippen LogP contribution in [0, 0.1) is 0 Å². The van der Waals surface area contributed by atoms with E-state index in [-0.39, 0.29) is 0 Å². The summed E-state index contributed by atoms with van der Waals surface area (Å²) in [6.45, 7) is 8.60. The third-order valence-electron chi connectivity index (χ3n) is 1.69. The fraction of sp³-hybridized carbons (Fsp3) is 0.556. The minimum Gasteiger partial charge on any atom is -0.110 e. The van der Waals surface area contributed by atoms with Gasteiger partial charge < -0.3 is 0 Å². The van der Waals surface area contributed by atoms with E-state index in [1.165, 1.54) is 16.5 Å². The second kappa shape index (κ2) is 4.68. The molecule has 0 nitrogen and oxygen atoms in total. The summed E-state index contributed by atoms with van der Waals surface area (Å²) in [5.74, 6) is 0. The first-order valence-electron chi connectivity index (χ1n) is 3.69. The van der Waals surface area contributed by atoms with E-state index in [4.69, 9.17) is 0 Å². The Morgan fingerprint density at radius 2 is 1.80 bits per heavy atom. The van der Waals surface area contributed by atoms with Crippen LogP contribution in [-0.2, 0) is 0 Å². The van der Waals surface area contributed by atoms with Crippen molar-refractivity contribution in [3.63, 3.8) is 0 Å². The zero-order valence-electron chi connectivity index (χ0n) is 7.36. The predicted molar refractivity (Wildman–Crippen MR) is 52.1 cm³/mol. The van der Waals surface area contributed by atoms with Gasteiger partial charge in [-0.05, 0) is 32.8 Å². The van der Waals surface area contributed by atoms with E-state index >= 15 is 0 Å². The van der Waals surface area contributed by atoms with Gasteiger partial charge in [-0.25, -0.2) is 0 Å². The van der Waals surface area contributed by atoms with Crippen LogP contribution in [0.5, 0.6) is 0 Å². The Hall–Kier alpha value is -0.0900. The van der Waals surface area contributed by atoms with Crippen LogP contribution >= 0.6 is 9.24 Å². The molecule has 0 N–H and O–H groups in total. The molecule has 1 unspecified atom stereocenters. The second-order valence-electron chi connectivity index (χ2n) is 2.60. The third-order valence-corrected chi connectivity index (χ3v) is 2.13. The molecule has 0 saturated heterocycles. The Bertz CT molecular complexity index is 160. The zero-order valence-corrected chi connectivity index (χ0v) is 8.52. The lowest BCUT2D eigenvalue weighted by Crippen LogP contribution is -1.80. The van der Waals surface area contributed by atoms with E-state index in [0.29, 0.717) is 0 Å². The van der Waals surface area contributed by atoms with E-state index in [2.05, 4.69) is 43.0 Å². The van der Waals surface area contributed by atoms with Crippen LogP contribution in [0.2, 0.25) is 0 Å². The number of allylic oxidation sites excluding steroid dienone is 4. The third kappa shape index (κ3) is 3.17. The van der Waals surface area contributed by atoms with Crippen molar-refractivity contribution in [1.82, 2.24) is 0 Å². The monoisotopic (exact) mass is 156 g/mol. The van der Waals surface area contributed by atoms with Crippen LogP contribution in [0.15, 0.2) is 22.5 Å². The fourth-order valence-electron chi connectivity index (χ4n) is 0.770. The lowest BCUT2D eigenvalue weighted by molar-refractivity contribution is 1.17. The summed E-state index contributed by atoms with van der Waals surface area (Å²) in [7, 11) is 2.73. The highest BCUT2D eigenvalue weighted by Crippen LogP contribution is 2.18. The molecule has 0 rings (SSSR count). The number of rotatable bonds is 2. The summed E-state index contributed by atoms with van der Waals surface area (Å²) in [6.07, 6.45) is 3.38. The lowest BCUT2D eigenvalue weighted by atomic mass is 10.1. The highest BCUT2D eigenvalue weighted by atomic mass is 31.0. The van der Waals surface area contributed by atoms with Crippen molar-refractivity contribution >= 4 is 9.24 Å². The molecule has 1 heteroatoms. The van der Waals surface area contributed by atoms with Crippen molar-refractivity contribution in [2.45, 2.75) is 34.1 Å². The first-order valence-corrected chi connectivity index (χ1v) is 4.27. The SMILES string of the molecule is CC/C=C(C)\C(C)=C(/C)P. The van der Waals surface area contributed by atoms with Gasteiger partial charge in [0.05, 0.1) is 0 Å². The summed E-state index contributed by atoms with van der Waals surface area (Å²) in [5.41, 5.74) is 2.79. The lowest BCUT2D eigenvalue weighted by Gasteiger charge is -2.02. The Morgan fingerprint density at radius 3 is 2.10 bits per heavy atom. The van der Waals surface area contributed by atoms with Crippen LogP contribution < -0.4 is 0 Å². The summed E-state index contributed by atoms with van der Waals surface area (Å²) in [5, 5.41) is 1.34. The van der Waals surface area contributed by atoms with Crippen molar-refractivity contribution in [3.8, 4) is 0 Å². The molecule has 0 aromatic heterocycles. The molecule has 0 spiro atoms. The normalized spacial score (nSPS) is 15.1. The smallest absolute Gasteiger partial charge is 0.0373 e. The number of hydrogen-bond acceptors (Lipinski definition) is 0. The molecule has 0 radical (unpaired) electrons. The van der Waals surface area contributed by atoms with Crippen LogP contribution in [-0.4, -0.2) is 0 Å². The molecule has 0 aromatic rings. The molecule has 0 heterocycles. The van der Waals surface area contributed by atoms with Gasteiger partial charge in [0.2, 0.25) is 0 Å². The van der Waals surface area contributed by atoms with Gasteiger partial charge in [-0.1, -0.05) is 23.9 Å². The predicted octanol–water partition coefficient (Wildman–Crippen LogP) is 3.51. The van der Waals surface area contributed by atoms with Gasteiger partial charge in [-0.15, -0.1) is 9.24 Å². The Morgan fingerprint density at radius 1 is 1.30 bits per heavy atom. The highest BCUT2D eigenvalue weighted by Gasteiger charge is 1.92. The minimum absolute atomic E-state index is 1.13. The average molecular weight is 156 g/mol. The van der Waals surface area contributed by atoms with Crippen molar-refractivity contribution in [2.24, 2.45) is 0 Å². The Labute approximate surface area is 66.6 Å². The van der Waals surface area contributed by atoms with Gasteiger partial charge in [-0.3, -0.25) is 0 Å². The van der Waals surface area contributed by atoms with E-state index in [0.717, 1.165) is 6.42 Å². The summed E-state index contributed by atoms with van der Waals surface area (Å²) >= 11 is 0. The molecule has 0 aliphatic carbocycles. The minimum atomic E-state index is 1.13. The molecule has 0 amide bonds. The van der Waals surface area contributed by atoms with Gasteiger partial charge in [0, 0.05) is 0 Å². The highest BCUT2D eigenvalue weighted by molar-refractivity contribution is 7.22. The standard InChI is InChI=1S/C9H17P/c1-5-6-7(2)8(3)9(4)10/h6H,5,10H2,1-4H3/b7-6-,9-8+. The average Bonchev–Trinajstić information content (AvgIpc) is 1.87. The first kappa shape index (κ1) is 9.91. The maximum Gasteiger partial charge on any atom is -0.0373 e. The van der Waals surface area contributed by atoms with Crippen LogP contribution in [0.1, 0.15) is 34.1 Å². The summed E-state index contributed by atoms with van der Waals surface area (Å²) in [6, 6.07) is 0. The largest absolute Gasteiger partial charge is 0.110 e. The molecule has 1 atom stereocenters. The van der Waals surface area contributed by atoms with Gasteiger partial charge in [-0.2, -0.15) is 0 Å². The van der Waals surface area contributed by atoms with Gasteiger partial charge >= 0.3 is 0 Å². The van der Waals surface area contributed by atoms with Gasteiger partial charge in [0.1, 0.15) is 0 Å². The quantitative estimate of drug-likeness (QED) is 0.424. The molecule has 0 saturated carbocycles. The topological polar surface area (TPSA) is 0 Å². The number of hydrogen-bond donors (Lipinski definition) is 0. The van der Waals surface area contributed by atoms with E-state index in [1.807, 2.05) is 0 Å². The Kier molecular flexibility index (Phi) is 4.64. The fourth-order valence-corrected chi connectivity index (χ4v) is 0.998. The molecule has 0 fully saturated rings. The summed E-state index contributed by atoms with van der Waals surface area (Å²) < 4.78 is 0. The second-order valence-corrected chi connectivity index (χ2v) is 3.47. The molecular weight excluding hydrogens is 139 g/mol. The molecule has 0 aliphatic heterocycles. The van der Waals surface area contributed by atoms with E-state index < -0.39 is 0 Å². The summed E-state index contributed by atoms with van der Waals surface area (Å²) in [4.78, 5) is 0. The van der Waals surface area contributed by atoms with Crippen molar-refractivity contribution in [1.29, 1.82) is 0 Å². The molecule has 0 aromatic carbocycles. The van der Waals surface area contributed by atoms with E-state index in [9.17, 15) is 0 Å². The maximum absolute atomic E-state index is 2.73. The van der Waals surface area contributed by atoms with Crippen LogP contribution in [0.4, 0.5) is 0 Å². The van der Waals surface area contributed by atoms with E-state index in [1.54, 1.807) is 0 Å². The van der Waals surface area contributed by atoms with Gasteiger partial charge in [0.15, 0.2) is 0 Å². The van der Waals surface area contributed by atoms with Crippen molar-refractivity contribution in [2.75, 3.05) is 0 Å².